The molecule has 4 nitrogen and oxygen atoms in total. The standard InChI is InChI=1S/C12H16F2N2O2S/c1-12(2,3)18-11(17)16-5-4-7-8(6-16)19-10(15-7)9(13)14/h9H,4-6H2,1-3H3. The van der Waals surface area contributed by atoms with Gasteiger partial charge in [-0.2, -0.15) is 0 Å². The molecule has 0 bridgehead atoms. The molecule has 0 aliphatic carbocycles. The van der Waals surface area contributed by atoms with E-state index in [1.165, 1.54) is 4.90 Å². The summed E-state index contributed by atoms with van der Waals surface area (Å²) in [4.78, 5) is 18.1. The van der Waals surface area contributed by atoms with Crippen LogP contribution < -0.4 is 0 Å². The number of ether oxygens (including phenoxy) is 1. The van der Waals surface area contributed by atoms with Crippen LogP contribution in [0.3, 0.4) is 0 Å². The van der Waals surface area contributed by atoms with Crippen LogP contribution in [0.2, 0.25) is 0 Å². The van der Waals surface area contributed by atoms with E-state index in [0.717, 1.165) is 16.2 Å². The number of hydrogen-bond acceptors (Lipinski definition) is 4. The molecule has 0 atom stereocenters. The minimum atomic E-state index is -2.55. The Hall–Kier alpha value is -1.24. The minimum absolute atomic E-state index is 0.170. The van der Waals surface area contributed by atoms with Gasteiger partial charge in [-0.05, 0) is 20.8 Å². The van der Waals surface area contributed by atoms with E-state index in [1.54, 1.807) is 20.8 Å². The number of nitrogens with zero attached hydrogens (tertiary/aromatic N) is 2. The summed E-state index contributed by atoms with van der Waals surface area (Å²) >= 11 is 0.972. The first-order valence-corrected chi connectivity index (χ1v) is 6.82. The third kappa shape index (κ3) is 3.40. The SMILES string of the molecule is CC(C)(C)OC(=O)N1CCc2nc(C(F)F)sc2C1. The van der Waals surface area contributed by atoms with Crippen LogP contribution in [0, 0.1) is 0 Å². The molecular formula is C12H16F2N2O2S. The highest BCUT2D eigenvalue weighted by Gasteiger charge is 2.28. The van der Waals surface area contributed by atoms with Crippen molar-refractivity contribution in [3.05, 3.63) is 15.6 Å². The number of thiazole rings is 1. The lowest BCUT2D eigenvalue weighted by atomic mass is 10.2. The van der Waals surface area contributed by atoms with Crippen LogP contribution in [-0.4, -0.2) is 28.1 Å². The van der Waals surface area contributed by atoms with Crippen LogP contribution in [0.15, 0.2) is 0 Å². The molecule has 2 heterocycles. The van der Waals surface area contributed by atoms with Crippen LogP contribution in [0.1, 0.15) is 42.8 Å². The maximum atomic E-state index is 12.6. The third-order valence-corrected chi connectivity index (χ3v) is 3.68. The largest absolute Gasteiger partial charge is 0.444 e. The van der Waals surface area contributed by atoms with Gasteiger partial charge in [0.15, 0.2) is 5.01 Å². The highest BCUT2D eigenvalue weighted by molar-refractivity contribution is 7.11. The number of carbonyl (C=O) groups is 1. The van der Waals surface area contributed by atoms with Gasteiger partial charge in [0.1, 0.15) is 5.60 Å². The summed E-state index contributed by atoms with van der Waals surface area (Å²) in [7, 11) is 0. The Morgan fingerprint density at radius 3 is 2.74 bits per heavy atom. The molecule has 19 heavy (non-hydrogen) atoms. The Morgan fingerprint density at radius 2 is 2.16 bits per heavy atom. The Kier molecular flexibility index (Phi) is 3.75. The van der Waals surface area contributed by atoms with E-state index >= 15 is 0 Å². The average molecular weight is 290 g/mol. The lowest BCUT2D eigenvalue weighted by Crippen LogP contribution is -2.39. The fourth-order valence-electron chi connectivity index (χ4n) is 1.79. The molecule has 106 valence electrons. The summed E-state index contributed by atoms with van der Waals surface area (Å²) in [5.41, 5.74) is 0.124. The minimum Gasteiger partial charge on any atom is -0.444 e. The Labute approximate surface area is 114 Å². The van der Waals surface area contributed by atoms with Crippen molar-refractivity contribution in [2.24, 2.45) is 0 Å². The zero-order valence-corrected chi connectivity index (χ0v) is 11.9. The first kappa shape index (κ1) is 14.2. The van der Waals surface area contributed by atoms with Gasteiger partial charge in [-0.1, -0.05) is 0 Å². The summed E-state index contributed by atoms with van der Waals surface area (Å²) < 4.78 is 30.4. The smallest absolute Gasteiger partial charge is 0.410 e. The van der Waals surface area contributed by atoms with E-state index in [-0.39, 0.29) is 5.01 Å². The first-order chi connectivity index (χ1) is 8.76. The second-order valence-electron chi connectivity index (χ2n) is 5.37. The van der Waals surface area contributed by atoms with E-state index in [1.807, 2.05) is 0 Å². The number of rotatable bonds is 1. The Bertz CT molecular complexity index is 483. The van der Waals surface area contributed by atoms with Gasteiger partial charge in [-0.25, -0.2) is 18.6 Å². The van der Waals surface area contributed by atoms with Crippen LogP contribution >= 0.6 is 11.3 Å². The van der Waals surface area contributed by atoms with Crippen molar-refractivity contribution in [3.63, 3.8) is 0 Å². The highest BCUT2D eigenvalue weighted by Crippen LogP contribution is 2.31. The van der Waals surface area contributed by atoms with Gasteiger partial charge in [0.05, 0.1) is 12.2 Å². The average Bonchev–Trinajstić information content (AvgIpc) is 2.69. The van der Waals surface area contributed by atoms with Crippen LogP contribution in [0.4, 0.5) is 13.6 Å². The topological polar surface area (TPSA) is 42.4 Å². The number of aromatic nitrogens is 1. The van der Waals surface area contributed by atoms with Crippen molar-refractivity contribution in [2.75, 3.05) is 6.54 Å². The quantitative estimate of drug-likeness (QED) is 0.796. The number of halogens is 2. The molecular weight excluding hydrogens is 274 g/mol. The van der Waals surface area contributed by atoms with Crippen molar-refractivity contribution in [2.45, 2.75) is 45.8 Å². The number of amides is 1. The van der Waals surface area contributed by atoms with Crippen LogP contribution in [0.5, 0.6) is 0 Å². The normalized spacial score (nSPS) is 15.6. The first-order valence-electron chi connectivity index (χ1n) is 6.01. The molecule has 0 radical (unpaired) electrons. The molecule has 1 amide bonds. The summed E-state index contributed by atoms with van der Waals surface area (Å²) in [5.74, 6) is 0. The summed E-state index contributed by atoms with van der Waals surface area (Å²) in [6.07, 6.45) is -2.46. The monoisotopic (exact) mass is 290 g/mol. The molecule has 0 saturated carbocycles. The van der Waals surface area contributed by atoms with Gasteiger partial charge in [0.2, 0.25) is 0 Å². The maximum Gasteiger partial charge on any atom is 0.410 e. The molecule has 0 unspecified atom stereocenters. The van der Waals surface area contributed by atoms with Crippen molar-refractivity contribution in [1.82, 2.24) is 9.88 Å². The number of carbonyl (C=O) groups excluding carboxylic acids is 1. The molecule has 0 aromatic carbocycles. The molecule has 0 spiro atoms. The molecule has 7 heteroatoms. The zero-order chi connectivity index (χ0) is 14.2. The van der Waals surface area contributed by atoms with E-state index in [0.29, 0.717) is 25.2 Å². The predicted octanol–water partition coefficient (Wildman–Crippen LogP) is 3.37. The van der Waals surface area contributed by atoms with Crippen LogP contribution in [0.25, 0.3) is 0 Å². The molecule has 2 rings (SSSR count). The van der Waals surface area contributed by atoms with Crippen molar-refractivity contribution >= 4 is 17.4 Å². The summed E-state index contributed by atoms with van der Waals surface area (Å²) in [6.45, 7) is 6.13. The molecule has 0 fully saturated rings. The predicted molar refractivity (Wildman–Crippen MR) is 67.4 cm³/mol. The molecule has 0 N–H and O–H groups in total. The van der Waals surface area contributed by atoms with Gasteiger partial charge >= 0.3 is 6.09 Å². The Morgan fingerprint density at radius 1 is 1.47 bits per heavy atom. The number of fused-ring (bicyclic) bond motifs is 1. The van der Waals surface area contributed by atoms with E-state index in [2.05, 4.69) is 4.98 Å². The summed E-state index contributed by atoms with van der Waals surface area (Å²) in [5, 5.41) is -0.170. The van der Waals surface area contributed by atoms with Crippen molar-refractivity contribution in [3.8, 4) is 0 Å². The number of alkyl halides is 2. The van der Waals surface area contributed by atoms with Gasteiger partial charge in [0.25, 0.3) is 6.43 Å². The maximum absolute atomic E-state index is 12.6. The van der Waals surface area contributed by atoms with Crippen molar-refractivity contribution in [1.29, 1.82) is 0 Å². The van der Waals surface area contributed by atoms with E-state index in [9.17, 15) is 13.6 Å². The highest BCUT2D eigenvalue weighted by atomic mass is 32.1. The lowest BCUT2D eigenvalue weighted by Gasteiger charge is -2.29. The zero-order valence-electron chi connectivity index (χ0n) is 11.1. The molecule has 1 aromatic rings. The van der Waals surface area contributed by atoms with Crippen molar-refractivity contribution < 1.29 is 18.3 Å². The Balaban J connectivity index is 2.07. The molecule has 1 aliphatic heterocycles. The van der Waals surface area contributed by atoms with Gasteiger partial charge in [-0.15, -0.1) is 11.3 Å². The van der Waals surface area contributed by atoms with Gasteiger partial charge in [0, 0.05) is 17.8 Å². The fourth-order valence-corrected chi connectivity index (χ4v) is 2.77. The second-order valence-corrected chi connectivity index (χ2v) is 6.49. The second kappa shape index (κ2) is 5.03. The summed E-state index contributed by atoms with van der Waals surface area (Å²) in [6, 6.07) is 0. The van der Waals surface area contributed by atoms with Gasteiger partial charge in [-0.3, -0.25) is 0 Å². The molecule has 0 saturated heterocycles. The fraction of sp³-hybridized carbons (Fsp3) is 0.667. The van der Waals surface area contributed by atoms with Gasteiger partial charge < -0.3 is 9.64 Å². The lowest BCUT2D eigenvalue weighted by molar-refractivity contribution is 0.0225. The van der Waals surface area contributed by atoms with Crippen LogP contribution in [-0.2, 0) is 17.7 Å². The van der Waals surface area contributed by atoms with E-state index < -0.39 is 18.1 Å². The number of hydrogen-bond donors (Lipinski definition) is 0. The van der Waals surface area contributed by atoms with E-state index in [4.69, 9.17) is 4.74 Å². The molecule has 1 aliphatic rings. The molecule has 1 aromatic heterocycles. The third-order valence-electron chi connectivity index (χ3n) is 2.59.